The maximum Gasteiger partial charge on any atom is 0.245 e. The van der Waals surface area contributed by atoms with Gasteiger partial charge in [0.2, 0.25) is 13.2 Å². The van der Waals surface area contributed by atoms with E-state index in [0.717, 1.165) is 57.2 Å². The van der Waals surface area contributed by atoms with E-state index in [1.807, 2.05) is 95.7 Å². The number of aryl methyl sites for hydroxylation is 1. The highest BCUT2D eigenvalue weighted by atomic mass is 35.5. The Hall–Kier alpha value is -5.60. The molecule has 0 radical (unpaired) electrons. The van der Waals surface area contributed by atoms with Crippen LogP contribution in [0.5, 0.6) is 0 Å². The van der Waals surface area contributed by atoms with Gasteiger partial charge in [0.25, 0.3) is 0 Å². The van der Waals surface area contributed by atoms with Gasteiger partial charge < -0.3 is 14.0 Å². The average Bonchev–Trinajstić information content (AvgIpc) is 3.94. The average molecular weight is 752 g/mol. The third-order valence-electron chi connectivity index (χ3n) is 9.97. The van der Waals surface area contributed by atoms with Crippen molar-refractivity contribution in [2.24, 2.45) is 0 Å². The number of imidazole rings is 1. The molecule has 0 fully saturated rings. The van der Waals surface area contributed by atoms with E-state index in [4.69, 9.17) is 27.0 Å². The Morgan fingerprint density at radius 3 is 2.00 bits per heavy atom. The lowest BCUT2D eigenvalue weighted by molar-refractivity contribution is 0.396. The molecule has 8 aromatic rings. The third-order valence-corrected chi connectivity index (χ3v) is 11.6. The van der Waals surface area contributed by atoms with E-state index in [9.17, 15) is 9.46 Å². The van der Waals surface area contributed by atoms with Gasteiger partial charge in [-0.15, -0.1) is 15.0 Å². The molecule has 0 saturated carbocycles. The zero-order valence-electron chi connectivity index (χ0n) is 30.0. The molecule has 0 saturated heterocycles. The number of tetrazole rings is 1. The Labute approximate surface area is 319 Å². The molecule has 11 heteroatoms. The molecule has 0 bridgehead atoms. The molecule has 9 nitrogen and oxygen atoms in total. The Kier molecular flexibility index (Phi) is 9.63. The molecule has 1 N–H and O–H groups in total. The van der Waals surface area contributed by atoms with E-state index in [1.165, 1.54) is 6.66 Å². The van der Waals surface area contributed by atoms with Crippen LogP contribution in [0.2, 0.25) is 5.15 Å². The van der Waals surface area contributed by atoms with E-state index < -0.39 is 12.9 Å². The molecular weight excluding hydrogens is 713 g/mol. The van der Waals surface area contributed by atoms with Gasteiger partial charge in [0, 0.05) is 30.2 Å². The van der Waals surface area contributed by atoms with Gasteiger partial charge in [0.15, 0.2) is 10.7 Å². The monoisotopic (exact) mass is 751 g/mol. The van der Waals surface area contributed by atoms with E-state index in [2.05, 4.69) is 71.1 Å². The van der Waals surface area contributed by atoms with Gasteiger partial charge in [-0.05, 0) is 58.2 Å². The molecule has 5 aromatic carbocycles. The van der Waals surface area contributed by atoms with Crippen molar-refractivity contribution in [3.8, 4) is 17.1 Å². The number of unbranched alkanes of at least 4 members (excludes halogenated alkanes) is 1. The van der Waals surface area contributed by atoms with Crippen molar-refractivity contribution < 1.29 is 9.46 Å². The number of hydrogen-bond donors (Lipinski definition) is 1. The molecule has 0 aliphatic rings. The number of rotatable bonds is 12. The summed E-state index contributed by atoms with van der Waals surface area (Å²) < 4.78 is 17.0. The van der Waals surface area contributed by atoms with E-state index >= 15 is 0 Å². The molecule has 0 spiro atoms. The summed E-state index contributed by atoms with van der Waals surface area (Å²) >= 11 is 6.51. The molecular formula is C43H39ClN7O2P. The molecule has 3 heterocycles. The summed E-state index contributed by atoms with van der Waals surface area (Å²) in [5, 5.41) is 15.8. The lowest BCUT2D eigenvalue weighted by Crippen LogP contribution is -2.39. The molecule has 0 amide bonds. The Balaban J connectivity index is 1.25. The van der Waals surface area contributed by atoms with Crippen molar-refractivity contribution in [1.29, 1.82) is 0 Å². The standard InChI is InChI=1S/C43H39ClN7O2P/c1-3-4-27-39-45-40(44)42(54(2,52)53)50(39)30-31-17-16-26-37-35(31)28-29-49(37)38-25-15-14-24-36(38)41-46-48-51(47-41)43(32-18-8-5-9-19-32,33-20-10-6-11-21-33)34-22-12-7-13-23-34/h5-26,28-29H,3-4,27,30H2,1-2H3,(H,52,53). The molecule has 54 heavy (non-hydrogen) atoms. The zero-order valence-corrected chi connectivity index (χ0v) is 31.6. The fraction of sp³-hybridized carbons (Fsp3) is 0.163. The minimum absolute atomic E-state index is 0.0875. The summed E-state index contributed by atoms with van der Waals surface area (Å²) in [6, 6.07) is 47.1. The maximum atomic E-state index is 13.1. The van der Waals surface area contributed by atoms with Crippen molar-refractivity contribution in [2.75, 3.05) is 6.66 Å². The largest absolute Gasteiger partial charge is 0.340 e. The first-order valence-corrected chi connectivity index (χ1v) is 20.5. The second kappa shape index (κ2) is 14.7. The number of nitrogens with zero attached hydrogens (tertiary/aromatic N) is 7. The number of hydrogen-bond acceptors (Lipinski definition) is 5. The van der Waals surface area contributed by atoms with Gasteiger partial charge in [-0.3, -0.25) is 4.57 Å². The highest BCUT2D eigenvalue weighted by Crippen LogP contribution is 2.41. The van der Waals surface area contributed by atoms with Crippen LogP contribution in [0.3, 0.4) is 0 Å². The fourth-order valence-corrected chi connectivity index (χ4v) is 9.21. The predicted molar refractivity (Wildman–Crippen MR) is 215 cm³/mol. The van der Waals surface area contributed by atoms with Crippen LogP contribution in [-0.2, 0) is 23.1 Å². The number of halogens is 1. The first-order valence-electron chi connectivity index (χ1n) is 18.0. The molecule has 270 valence electrons. The van der Waals surface area contributed by atoms with Crippen LogP contribution in [0.25, 0.3) is 28.0 Å². The summed E-state index contributed by atoms with van der Waals surface area (Å²) in [7, 11) is -3.71. The molecule has 3 aromatic heterocycles. The Morgan fingerprint density at radius 2 is 1.39 bits per heavy atom. The van der Waals surface area contributed by atoms with E-state index in [1.54, 1.807) is 4.80 Å². The summed E-state index contributed by atoms with van der Waals surface area (Å²) in [6.45, 7) is 3.78. The molecule has 0 aliphatic carbocycles. The van der Waals surface area contributed by atoms with Crippen LogP contribution in [0, 0.1) is 0 Å². The van der Waals surface area contributed by atoms with Crippen molar-refractivity contribution >= 4 is 35.3 Å². The highest BCUT2D eigenvalue weighted by Gasteiger charge is 2.41. The number of benzene rings is 5. The summed E-state index contributed by atoms with van der Waals surface area (Å²) in [6.07, 6.45) is 4.56. The normalized spacial score (nSPS) is 13.0. The summed E-state index contributed by atoms with van der Waals surface area (Å²) in [4.78, 5) is 17.0. The summed E-state index contributed by atoms with van der Waals surface area (Å²) in [5.74, 6) is 1.19. The van der Waals surface area contributed by atoms with Crippen molar-refractivity contribution in [1.82, 2.24) is 34.3 Å². The van der Waals surface area contributed by atoms with Gasteiger partial charge in [-0.25, -0.2) is 4.98 Å². The van der Waals surface area contributed by atoms with Crippen molar-refractivity contribution in [2.45, 2.75) is 38.3 Å². The van der Waals surface area contributed by atoms with Crippen LogP contribution in [0.1, 0.15) is 47.8 Å². The molecule has 1 unspecified atom stereocenters. The third kappa shape index (κ3) is 6.28. The van der Waals surface area contributed by atoms with Crippen molar-refractivity contribution in [3.05, 3.63) is 179 Å². The van der Waals surface area contributed by atoms with Gasteiger partial charge >= 0.3 is 0 Å². The first kappa shape index (κ1) is 35.4. The first-order chi connectivity index (χ1) is 26.3. The Bertz CT molecular complexity index is 2500. The number of para-hydroxylation sites is 1. The highest BCUT2D eigenvalue weighted by molar-refractivity contribution is 7.65. The SMILES string of the molecule is CCCCc1nc(Cl)c(P(C)(=O)O)n1Cc1cccc2c1ccn2-c1ccccc1-c1nnn(C(c2ccccc2)(c2ccccc2)c2ccccc2)n1. The van der Waals surface area contributed by atoms with E-state index in [-0.39, 0.29) is 10.6 Å². The molecule has 1 atom stereocenters. The zero-order chi connectivity index (χ0) is 37.3. The predicted octanol–water partition coefficient (Wildman–Crippen LogP) is 8.89. The van der Waals surface area contributed by atoms with Crippen LogP contribution < -0.4 is 5.44 Å². The fourth-order valence-electron chi connectivity index (χ4n) is 7.52. The quantitative estimate of drug-likeness (QED) is 0.0989. The Morgan fingerprint density at radius 1 is 0.778 bits per heavy atom. The molecule has 8 rings (SSSR count). The minimum Gasteiger partial charge on any atom is -0.340 e. The van der Waals surface area contributed by atoms with Gasteiger partial charge in [0.1, 0.15) is 11.3 Å². The van der Waals surface area contributed by atoms with Crippen LogP contribution in [0.4, 0.5) is 0 Å². The summed E-state index contributed by atoms with van der Waals surface area (Å²) in [5.41, 5.74) is 5.94. The van der Waals surface area contributed by atoms with Gasteiger partial charge in [0.05, 0.1) is 17.7 Å². The second-order valence-corrected chi connectivity index (χ2v) is 16.0. The molecule has 0 aliphatic heterocycles. The minimum atomic E-state index is -3.71. The topological polar surface area (TPSA) is 104 Å². The van der Waals surface area contributed by atoms with Crippen LogP contribution in [0.15, 0.2) is 146 Å². The van der Waals surface area contributed by atoms with Crippen LogP contribution >= 0.6 is 19.0 Å². The number of aromatic nitrogens is 7. The second-order valence-electron chi connectivity index (χ2n) is 13.5. The van der Waals surface area contributed by atoms with Crippen LogP contribution in [-0.4, -0.2) is 45.9 Å². The lowest BCUT2D eigenvalue weighted by Gasteiger charge is -2.34. The van der Waals surface area contributed by atoms with E-state index in [0.29, 0.717) is 24.6 Å². The van der Waals surface area contributed by atoms with Gasteiger partial charge in [-0.1, -0.05) is 140 Å². The number of fused-ring (bicyclic) bond motifs is 1. The lowest BCUT2D eigenvalue weighted by atomic mass is 9.77. The maximum absolute atomic E-state index is 13.1. The van der Waals surface area contributed by atoms with Crippen molar-refractivity contribution in [3.63, 3.8) is 0 Å². The smallest absolute Gasteiger partial charge is 0.245 e. The van der Waals surface area contributed by atoms with Gasteiger partial charge in [-0.2, -0.15) is 0 Å².